The summed E-state index contributed by atoms with van der Waals surface area (Å²) in [5.74, 6) is 0. The van der Waals surface area contributed by atoms with Crippen LogP contribution in [0.5, 0.6) is 0 Å². The molecule has 1 unspecified atom stereocenters. The molecule has 1 aromatic carbocycles. The van der Waals surface area contributed by atoms with Crippen LogP contribution in [-0.2, 0) is 0 Å². The number of halogens is 1. The molecule has 1 atom stereocenters. The Balaban J connectivity index is 2.40. The molecule has 0 radical (unpaired) electrons. The van der Waals surface area contributed by atoms with E-state index in [0.717, 1.165) is 10.2 Å². The smallest absolute Gasteiger partial charge is 0.0760 e. The average molecular weight is 291 g/mol. The second kappa shape index (κ2) is 5.43. The van der Waals surface area contributed by atoms with Gasteiger partial charge in [-0.05, 0) is 47.6 Å². The molecule has 2 aromatic rings. The van der Waals surface area contributed by atoms with E-state index >= 15 is 0 Å². The summed E-state index contributed by atoms with van der Waals surface area (Å²) in [6.07, 6.45) is 1.82. The van der Waals surface area contributed by atoms with Gasteiger partial charge < -0.3 is 5.32 Å². The van der Waals surface area contributed by atoms with Gasteiger partial charge in [-0.1, -0.05) is 29.8 Å². The van der Waals surface area contributed by atoms with Gasteiger partial charge in [-0.3, -0.25) is 4.98 Å². The third kappa shape index (κ3) is 2.73. The molecule has 0 aliphatic carbocycles. The lowest BCUT2D eigenvalue weighted by molar-refractivity contribution is 0.667. The van der Waals surface area contributed by atoms with Crippen LogP contribution < -0.4 is 5.32 Å². The van der Waals surface area contributed by atoms with Crippen molar-refractivity contribution in [3.63, 3.8) is 0 Å². The van der Waals surface area contributed by atoms with Crippen molar-refractivity contribution in [2.24, 2.45) is 0 Å². The van der Waals surface area contributed by atoms with E-state index in [0.29, 0.717) is 0 Å². The first-order chi connectivity index (χ1) is 8.22. The SMILES string of the molecule is CNC(c1ccc(C)cc1)c1ncccc1Br. The highest BCUT2D eigenvalue weighted by Gasteiger charge is 2.15. The minimum atomic E-state index is 0.117. The molecule has 0 saturated carbocycles. The Morgan fingerprint density at radius 2 is 1.88 bits per heavy atom. The number of aryl methyl sites for hydroxylation is 1. The number of hydrogen-bond donors (Lipinski definition) is 1. The molecule has 1 aromatic heterocycles. The molecule has 2 nitrogen and oxygen atoms in total. The Labute approximate surface area is 110 Å². The van der Waals surface area contributed by atoms with Crippen LogP contribution in [0.1, 0.15) is 22.9 Å². The van der Waals surface area contributed by atoms with Gasteiger partial charge in [-0.15, -0.1) is 0 Å². The highest BCUT2D eigenvalue weighted by molar-refractivity contribution is 9.10. The van der Waals surface area contributed by atoms with Crippen LogP contribution in [0.15, 0.2) is 47.1 Å². The molecule has 1 heterocycles. The third-order valence-corrected chi connectivity index (χ3v) is 3.43. The highest BCUT2D eigenvalue weighted by Crippen LogP contribution is 2.26. The van der Waals surface area contributed by atoms with Crippen LogP contribution in [0.4, 0.5) is 0 Å². The zero-order chi connectivity index (χ0) is 12.3. The maximum atomic E-state index is 4.44. The molecule has 0 bridgehead atoms. The van der Waals surface area contributed by atoms with Crippen molar-refractivity contribution in [2.45, 2.75) is 13.0 Å². The van der Waals surface area contributed by atoms with Crippen molar-refractivity contribution in [3.8, 4) is 0 Å². The fraction of sp³-hybridized carbons (Fsp3) is 0.214. The average Bonchev–Trinajstić information content (AvgIpc) is 2.35. The zero-order valence-electron chi connectivity index (χ0n) is 9.94. The van der Waals surface area contributed by atoms with Gasteiger partial charge in [0.25, 0.3) is 0 Å². The van der Waals surface area contributed by atoms with Gasteiger partial charge in [0.1, 0.15) is 0 Å². The molecule has 17 heavy (non-hydrogen) atoms. The van der Waals surface area contributed by atoms with E-state index in [9.17, 15) is 0 Å². The summed E-state index contributed by atoms with van der Waals surface area (Å²) < 4.78 is 1.03. The van der Waals surface area contributed by atoms with E-state index < -0.39 is 0 Å². The molecule has 0 amide bonds. The van der Waals surface area contributed by atoms with E-state index in [-0.39, 0.29) is 6.04 Å². The first kappa shape index (κ1) is 12.3. The predicted molar refractivity (Wildman–Crippen MR) is 74.0 cm³/mol. The molecule has 0 aliphatic heterocycles. The summed E-state index contributed by atoms with van der Waals surface area (Å²) in [7, 11) is 1.95. The van der Waals surface area contributed by atoms with Crippen LogP contribution >= 0.6 is 15.9 Å². The van der Waals surface area contributed by atoms with Gasteiger partial charge in [0.05, 0.1) is 11.7 Å². The minimum Gasteiger partial charge on any atom is -0.308 e. The van der Waals surface area contributed by atoms with Crippen molar-refractivity contribution < 1.29 is 0 Å². The topological polar surface area (TPSA) is 24.9 Å². The second-order valence-electron chi connectivity index (χ2n) is 4.00. The van der Waals surface area contributed by atoms with E-state index in [4.69, 9.17) is 0 Å². The van der Waals surface area contributed by atoms with Crippen molar-refractivity contribution >= 4 is 15.9 Å². The number of aromatic nitrogens is 1. The van der Waals surface area contributed by atoms with Crippen molar-refractivity contribution in [2.75, 3.05) is 7.05 Å². The van der Waals surface area contributed by atoms with Gasteiger partial charge in [0.2, 0.25) is 0 Å². The van der Waals surface area contributed by atoms with E-state index in [2.05, 4.69) is 57.4 Å². The number of rotatable bonds is 3. The van der Waals surface area contributed by atoms with Gasteiger partial charge in [-0.25, -0.2) is 0 Å². The molecule has 0 fully saturated rings. The summed E-state index contributed by atoms with van der Waals surface area (Å²) in [5, 5.41) is 3.30. The first-order valence-electron chi connectivity index (χ1n) is 5.56. The first-order valence-corrected chi connectivity index (χ1v) is 6.36. The predicted octanol–water partition coefficient (Wildman–Crippen LogP) is 3.46. The Bertz CT molecular complexity index is 494. The number of pyridine rings is 1. The lowest BCUT2D eigenvalue weighted by atomic mass is 10.0. The number of nitrogens with one attached hydrogen (secondary N) is 1. The third-order valence-electron chi connectivity index (χ3n) is 2.76. The van der Waals surface area contributed by atoms with Crippen molar-refractivity contribution in [1.82, 2.24) is 10.3 Å². The molecule has 0 saturated heterocycles. The molecule has 3 heteroatoms. The maximum Gasteiger partial charge on any atom is 0.0760 e. The summed E-state index contributed by atoms with van der Waals surface area (Å²) in [6.45, 7) is 2.09. The van der Waals surface area contributed by atoms with Crippen molar-refractivity contribution in [1.29, 1.82) is 0 Å². The Morgan fingerprint density at radius 3 is 2.47 bits per heavy atom. The van der Waals surface area contributed by atoms with Gasteiger partial charge in [0, 0.05) is 10.7 Å². The molecule has 1 N–H and O–H groups in total. The van der Waals surface area contributed by atoms with E-state index in [1.807, 2.05) is 25.4 Å². The molecule has 2 rings (SSSR count). The zero-order valence-corrected chi connectivity index (χ0v) is 11.5. The van der Waals surface area contributed by atoms with E-state index in [1.165, 1.54) is 11.1 Å². The monoisotopic (exact) mass is 290 g/mol. The molecular formula is C14H15BrN2. The van der Waals surface area contributed by atoms with Gasteiger partial charge >= 0.3 is 0 Å². The lowest BCUT2D eigenvalue weighted by Crippen LogP contribution is -2.19. The standard InChI is InChI=1S/C14H15BrN2/c1-10-5-7-11(8-6-10)13(16-2)14-12(15)4-3-9-17-14/h3-9,13,16H,1-2H3. The van der Waals surface area contributed by atoms with Crippen LogP contribution in [-0.4, -0.2) is 12.0 Å². The summed E-state index contributed by atoms with van der Waals surface area (Å²) in [5.41, 5.74) is 3.50. The summed E-state index contributed by atoms with van der Waals surface area (Å²) >= 11 is 3.55. The normalized spacial score (nSPS) is 12.4. The second-order valence-corrected chi connectivity index (χ2v) is 4.86. The Kier molecular flexibility index (Phi) is 3.92. The highest BCUT2D eigenvalue weighted by atomic mass is 79.9. The largest absolute Gasteiger partial charge is 0.308 e. The fourth-order valence-corrected chi connectivity index (χ4v) is 2.31. The molecular weight excluding hydrogens is 276 g/mol. The molecule has 88 valence electrons. The minimum absolute atomic E-state index is 0.117. The number of hydrogen-bond acceptors (Lipinski definition) is 2. The summed E-state index contributed by atoms with van der Waals surface area (Å²) in [6, 6.07) is 12.6. The van der Waals surface area contributed by atoms with E-state index in [1.54, 1.807) is 0 Å². The number of benzene rings is 1. The van der Waals surface area contributed by atoms with Gasteiger partial charge in [0.15, 0.2) is 0 Å². The van der Waals surface area contributed by atoms with Gasteiger partial charge in [-0.2, -0.15) is 0 Å². The molecule has 0 aliphatic rings. The van der Waals surface area contributed by atoms with Crippen molar-refractivity contribution in [3.05, 3.63) is 63.9 Å². The fourth-order valence-electron chi connectivity index (χ4n) is 1.83. The van der Waals surface area contributed by atoms with Crippen LogP contribution in [0.2, 0.25) is 0 Å². The van der Waals surface area contributed by atoms with Crippen LogP contribution in [0, 0.1) is 6.92 Å². The Hall–Kier alpha value is -1.19. The summed E-state index contributed by atoms with van der Waals surface area (Å²) in [4.78, 5) is 4.44. The number of nitrogens with zero attached hydrogens (tertiary/aromatic N) is 1. The maximum absolute atomic E-state index is 4.44. The van der Waals surface area contributed by atoms with Crippen LogP contribution in [0.3, 0.4) is 0 Å². The molecule has 0 spiro atoms. The lowest BCUT2D eigenvalue weighted by Gasteiger charge is -2.17. The quantitative estimate of drug-likeness (QED) is 0.936. The van der Waals surface area contributed by atoms with Crippen LogP contribution in [0.25, 0.3) is 0 Å². The Morgan fingerprint density at radius 1 is 1.18 bits per heavy atom.